The number of hydrogen-bond acceptors (Lipinski definition) is 6. The van der Waals surface area contributed by atoms with Crippen LogP contribution in [0.4, 0.5) is 11.6 Å². The van der Waals surface area contributed by atoms with Gasteiger partial charge in [-0.3, -0.25) is 10.1 Å². The highest BCUT2D eigenvalue weighted by Gasteiger charge is 2.21. The maximum absolute atomic E-state index is 10.9. The van der Waals surface area contributed by atoms with Crippen LogP contribution in [-0.2, 0) is 6.54 Å². The molecule has 0 spiro atoms. The molecule has 1 aliphatic heterocycles. The van der Waals surface area contributed by atoms with Gasteiger partial charge in [-0.25, -0.2) is 15.0 Å². The summed E-state index contributed by atoms with van der Waals surface area (Å²) in [6, 6.07) is 8.41. The van der Waals surface area contributed by atoms with Crippen molar-refractivity contribution in [1.29, 1.82) is 0 Å². The minimum Gasteiger partial charge on any atom is -0.357 e. The van der Waals surface area contributed by atoms with Crippen LogP contribution < -0.4 is 10.2 Å². The quantitative estimate of drug-likeness (QED) is 0.223. The highest BCUT2D eigenvalue weighted by molar-refractivity contribution is 14.0. The van der Waals surface area contributed by atoms with Gasteiger partial charge in [0.25, 0.3) is 5.69 Å². The number of non-ortho nitro benzene ring substituents is 1. The molecule has 9 nitrogen and oxygen atoms in total. The Morgan fingerprint density at radius 2 is 1.93 bits per heavy atom. The lowest BCUT2D eigenvalue weighted by molar-refractivity contribution is -0.384. The van der Waals surface area contributed by atoms with E-state index in [4.69, 9.17) is 0 Å². The van der Waals surface area contributed by atoms with Crippen molar-refractivity contribution in [2.24, 2.45) is 4.99 Å². The van der Waals surface area contributed by atoms with Crippen LogP contribution >= 0.6 is 24.0 Å². The Balaban J connectivity index is 0.00000280. The van der Waals surface area contributed by atoms with Gasteiger partial charge in [0.1, 0.15) is 0 Å². The Morgan fingerprint density at radius 3 is 2.57 bits per heavy atom. The maximum atomic E-state index is 10.9. The van der Waals surface area contributed by atoms with E-state index >= 15 is 0 Å². The Labute approximate surface area is 181 Å². The predicted molar refractivity (Wildman–Crippen MR) is 119 cm³/mol. The third-order valence-corrected chi connectivity index (χ3v) is 4.28. The van der Waals surface area contributed by atoms with E-state index in [1.807, 2.05) is 19.1 Å². The van der Waals surface area contributed by atoms with Gasteiger partial charge in [-0.05, 0) is 18.6 Å². The summed E-state index contributed by atoms with van der Waals surface area (Å²) in [6.45, 7) is 6.41. The Bertz CT molecular complexity index is 796. The molecule has 0 atom stereocenters. The molecule has 0 bridgehead atoms. The van der Waals surface area contributed by atoms with Crippen molar-refractivity contribution in [2.75, 3.05) is 37.6 Å². The predicted octanol–water partition coefficient (Wildman–Crippen LogP) is 2.29. The third kappa shape index (κ3) is 5.75. The number of nitrogens with one attached hydrogen (secondary N) is 1. The number of nitro benzene ring substituents is 1. The minimum atomic E-state index is -0.386. The van der Waals surface area contributed by atoms with Gasteiger partial charge in [-0.1, -0.05) is 12.1 Å². The summed E-state index contributed by atoms with van der Waals surface area (Å²) in [6.07, 6.45) is 3.50. The van der Waals surface area contributed by atoms with Crippen molar-refractivity contribution < 1.29 is 4.92 Å². The molecule has 0 aliphatic carbocycles. The fraction of sp³-hybridized carbons (Fsp3) is 0.389. The zero-order chi connectivity index (χ0) is 19.1. The lowest BCUT2D eigenvalue weighted by Gasteiger charge is -2.36. The second-order valence-electron chi connectivity index (χ2n) is 6.12. The van der Waals surface area contributed by atoms with Gasteiger partial charge in [-0.15, -0.1) is 24.0 Å². The summed E-state index contributed by atoms with van der Waals surface area (Å²) in [7, 11) is 0. The number of anilines is 1. The maximum Gasteiger partial charge on any atom is 0.269 e. The first-order valence-electron chi connectivity index (χ1n) is 8.96. The summed E-state index contributed by atoms with van der Waals surface area (Å²) in [5.74, 6) is 1.56. The molecule has 1 aromatic carbocycles. The van der Waals surface area contributed by atoms with Crippen LogP contribution in [0, 0.1) is 10.1 Å². The van der Waals surface area contributed by atoms with E-state index in [1.165, 1.54) is 6.07 Å². The zero-order valence-corrected chi connectivity index (χ0v) is 18.0. The first-order chi connectivity index (χ1) is 13.2. The number of piperazine rings is 1. The zero-order valence-electron chi connectivity index (χ0n) is 15.7. The molecule has 0 unspecified atom stereocenters. The topological polar surface area (TPSA) is 99.8 Å². The normalized spacial score (nSPS) is 14.4. The van der Waals surface area contributed by atoms with Crippen LogP contribution in [0.5, 0.6) is 0 Å². The van der Waals surface area contributed by atoms with Gasteiger partial charge in [0.05, 0.1) is 11.5 Å². The molecule has 3 rings (SSSR count). The number of aromatic nitrogens is 2. The van der Waals surface area contributed by atoms with Gasteiger partial charge in [-0.2, -0.15) is 0 Å². The smallest absolute Gasteiger partial charge is 0.269 e. The van der Waals surface area contributed by atoms with E-state index in [0.717, 1.165) is 50.2 Å². The average molecular weight is 497 g/mol. The molecule has 1 fully saturated rings. The van der Waals surface area contributed by atoms with Crippen molar-refractivity contribution in [3.63, 3.8) is 0 Å². The van der Waals surface area contributed by atoms with Gasteiger partial charge in [0.2, 0.25) is 5.95 Å². The summed E-state index contributed by atoms with van der Waals surface area (Å²) in [5.41, 5.74) is 0.903. The number of guanidine groups is 1. The molecule has 2 aromatic rings. The summed E-state index contributed by atoms with van der Waals surface area (Å²) in [4.78, 5) is 28.2. The van der Waals surface area contributed by atoms with Gasteiger partial charge >= 0.3 is 0 Å². The van der Waals surface area contributed by atoms with Crippen molar-refractivity contribution in [1.82, 2.24) is 20.2 Å². The number of benzene rings is 1. The largest absolute Gasteiger partial charge is 0.357 e. The number of hydrogen-bond donors (Lipinski definition) is 1. The first-order valence-corrected chi connectivity index (χ1v) is 8.96. The van der Waals surface area contributed by atoms with E-state index in [0.29, 0.717) is 6.54 Å². The fourth-order valence-corrected chi connectivity index (χ4v) is 2.93. The van der Waals surface area contributed by atoms with Crippen molar-refractivity contribution in [2.45, 2.75) is 13.5 Å². The molecule has 10 heteroatoms. The molecule has 2 heterocycles. The average Bonchev–Trinajstić information content (AvgIpc) is 2.72. The van der Waals surface area contributed by atoms with E-state index in [1.54, 1.807) is 24.5 Å². The van der Waals surface area contributed by atoms with Crippen molar-refractivity contribution in [3.05, 3.63) is 58.4 Å². The second kappa shape index (κ2) is 10.7. The molecule has 1 saturated heterocycles. The van der Waals surface area contributed by atoms with Crippen LogP contribution in [0.2, 0.25) is 0 Å². The van der Waals surface area contributed by atoms with E-state index < -0.39 is 0 Å². The molecule has 1 aromatic heterocycles. The highest BCUT2D eigenvalue weighted by atomic mass is 127. The molecule has 1 aliphatic rings. The van der Waals surface area contributed by atoms with Crippen molar-refractivity contribution >= 4 is 41.6 Å². The molecule has 0 amide bonds. The van der Waals surface area contributed by atoms with Crippen LogP contribution in [0.15, 0.2) is 47.7 Å². The van der Waals surface area contributed by atoms with E-state index in [-0.39, 0.29) is 34.6 Å². The van der Waals surface area contributed by atoms with Crippen LogP contribution in [0.3, 0.4) is 0 Å². The summed E-state index contributed by atoms with van der Waals surface area (Å²) < 4.78 is 0. The SMILES string of the molecule is CCNC(=NCc1cccc([N+](=O)[O-])c1)N1CCN(c2ncccn2)CC1.I. The van der Waals surface area contributed by atoms with Crippen LogP contribution in [0.25, 0.3) is 0 Å². The molecular formula is C18H24IN7O2. The summed E-state index contributed by atoms with van der Waals surface area (Å²) in [5, 5.41) is 14.2. The monoisotopic (exact) mass is 497 g/mol. The molecular weight excluding hydrogens is 473 g/mol. The molecule has 150 valence electrons. The van der Waals surface area contributed by atoms with E-state index in [2.05, 4.69) is 30.1 Å². The Morgan fingerprint density at radius 1 is 1.21 bits per heavy atom. The van der Waals surface area contributed by atoms with Gasteiger partial charge in [0.15, 0.2) is 5.96 Å². The lowest BCUT2D eigenvalue weighted by atomic mass is 10.2. The van der Waals surface area contributed by atoms with E-state index in [9.17, 15) is 10.1 Å². The number of halogens is 1. The van der Waals surface area contributed by atoms with Crippen LogP contribution in [0.1, 0.15) is 12.5 Å². The third-order valence-electron chi connectivity index (χ3n) is 4.28. The van der Waals surface area contributed by atoms with Gasteiger partial charge in [0, 0.05) is 57.3 Å². The summed E-state index contributed by atoms with van der Waals surface area (Å²) >= 11 is 0. The van der Waals surface area contributed by atoms with Crippen LogP contribution in [-0.4, -0.2) is 58.5 Å². The Hall–Kier alpha value is -2.50. The minimum absolute atomic E-state index is 0. The number of nitro groups is 1. The van der Waals surface area contributed by atoms with Crippen molar-refractivity contribution in [3.8, 4) is 0 Å². The number of rotatable bonds is 5. The Kier molecular flexibility index (Phi) is 8.36. The molecule has 0 saturated carbocycles. The molecule has 1 N–H and O–H groups in total. The first kappa shape index (κ1) is 21.8. The fourth-order valence-electron chi connectivity index (χ4n) is 2.93. The second-order valence-corrected chi connectivity index (χ2v) is 6.12. The standard InChI is InChI=1S/C18H23N7O2.HI/c1-2-19-17(22-14-15-5-3-6-16(13-15)25(26)27)23-9-11-24(12-10-23)18-20-7-4-8-21-18;/h3-8,13H,2,9-12,14H2,1H3,(H,19,22);1H. The highest BCUT2D eigenvalue weighted by Crippen LogP contribution is 2.14. The molecule has 0 radical (unpaired) electrons. The van der Waals surface area contributed by atoms with Gasteiger partial charge < -0.3 is 15.1 Å². The lowest BCUT2D eigenvalue weighted by Crippen LogP contribution is -2.52. The number of aliphatic imine (C=N–C) groups is 1. The molecule has 28 heavy (non-hydrogen) atoms. The number of nitrogens with zero attached hydrogens (tertiary/aromatic N) is 6.